The molecule has 0 aliphatic carbocycles. The lowest BCUT2D eigenvalue weighted by Gasteiger charge is -2.18. The Morgan fingerprint density at radius 3 is 0.793 bits per heavy atom. The molecule has 1 unspecified atom stereocenters. The molecular formula is C76H130O6. The smallest absolute Gasteiger partial charge is 0.306 e. The Bertz CT molecular complexity index is 1640. The quantitative estimate of drug-likeness (QED) is 0.0261. The van der Waals surface area contributed by atoms with E-state index in [9.17, 15) is 14.4 Å². The van der Waals surface area contributed by atoms with Crippen LogP contribution in [0.2, 0.25) is 0 Å². The highest BCUT2D eigenvalue weighted by Gasteiger charge is 2.19. The van der Waals surface area contributed by atoms with Crippen molar-refractivity contribution < 1.29 is 28.6 Å². The summed E-state index contributed by atoms with van der Waals surface area (Å²) in [5.41, 5.74) is 0. The maximum absolute atomic E-state index is 13.0. The average Bonchev–Trinajstić information content (AvgIpc) is 3.47. The molecule has 0 saturated heterocycles. The van der Waals surface area contributed by atoms with Crippen LogP contribution < -0.4 is 0 Å². The predicted molar refractivity (Wildman–Crippen MR) is 357 cm³/mol. The van der Waals surface area contributed by atoms with Gasteiger partial charge in [-0.2, -0.15) is 0 Å². The van der Waals surface area contributed by atoms with Crippen LogP contribution in [0.4, 0.5) is 0 Å². The van der Waals surface area contributed by atoms with Gasteiger partial charge in [0.1, 0.15) is 13.2 Å². The summed E-state index contributed by atoms with van der Waals surface area (Å²) in [5, 5.41) is 0. The van der Waals surface area contributed by atoms with E-state index in [1.165, 1.54) is 173 Å². The van der Waals surface area contributed by atoms with Crippen molar-refractivity contribution in [3.63, 3.8) is 0 Å². The van der Waals surface area contributed by atoms with Crippen molar-refractivity contribution in [3.05, 3.63) is 109 Å². The van der Waals surface area contributed by atoms with Gasteiger partial charge < -0.3 is 14.2 Å². The number of hydrogen-bond acceptors (Lipinski definition) is 6. The van der Waals surface area contributed by atoms with Gasteiger partial charge in [0, 0.05) is 19.3 Å². The van der Waals surface area contributed by atoms with Crippen LogP contribution in [-0.2, 0) is 28.6 Å². The summed E-state index contributed by atoms with van der Waals surface area (Å²) in [6.45, 7) is 6.50. The molecular weight excluding hydrogens is 1010 g/mol. The van der Waals surface area contributed by atoms with Crippen LogP contribution in [0.1, 0.15) is 335 Å². The molecule has 0 bridgehead atoms. The van der Waals surface area contributed by atoms with Crippen LogP contribution in [0.25, 0.3) is 0 Å². The van der Waals surface area contributed by atoms with Crippen LogP contribution in [0.3, 0.4) is 0 Å². The van der Waals surface area contributed by atoms with Crippen LogP contribution >= 0.6 is 0 Å². The second-order valence-corrected chi connectivity index (χ2v) is 23.1. The molecule has 470 valence electrons. The molecule has 0 aliphatic rings. The predicted octanol–water partition coefficient (Wildman–Crippen LogP) is 24.2. The van der Waals surface area contributed by atoms with E-state index in [2.05, 4.69) is 130 Å². The number of esters is 3. The molecule has 0 aromatic heterocycles. The highest BCUT2D eigenvalue weighted by molar-refractivity contribution is 5.71. The summed E-state index contributed by atoms with van der Waals surface area (Å²) in [6, 6.07) is 0. The number of ether oxygens (including phenoxy) is 3. The molecule has 0 N–H and O–H groups in total. The molecule has 0 radical (unpaired) electrons. The minimum absolute atomic E-state index is 0.0849. The summed E-state index contributed by atoms with van der Waals surface area (Å²) in [6.07, 6.45) is 95.3. The van der Waals surface area contributed by atoms with E-state index < -0.39 is 6.10 Å². The summed E-state index contributed by atoms with van der Waals surface area (Å²) >= 11 is 0. The fourth-order valence-corrected chi connectivity index (χ4v) is 9.75. The molecule has 82 heavy (non-hydrogen) atoms. The van der Waals surface area contributed by atoms with Gasteiger partial charge in [-0.3, -0.25) is 14.4 Å². The number of hydrogen-bond donors (Lipinski definition) is 0. The summed E-state index contributed by atoms with van der Waals surface area (Å²) in [4.78, 5) is 38.4. The Morgan fingerprint density at radius 2 is 0.488 bits per heavy atom. The molecule has 0 spiro atoms. The second-order valence-electron chi connectivity index (χ2n) is 23.1. The Balaban J connectivity index is 4.32. The van der Waals surface area contributed by atoms with Gasteiger partial charge in [0.2, 0.25) is 0 Å². The number of rotatable bonds is 63. The first-order valence-electron chi connectivity index (χ1n) is 34.9. The van der Waals surface area contributed by atoms with E-state index in [-0.39, 0.29) is 31.1 Å². The fraction of sp³-hybridized carbons (Fsp3) is 0.724. The van der Waals surface area contributed by atoms with Gasteiger partial charge >= 0.3 is 17.9 Å². The van der Waals surface area contributed by atoms with Gasteiger partial charge in [-0.15, -0.1) is 0 Å². The first-order chi connectivity index (χ1) is 40.5. The topological polar surface area (TPSA) is 78.9 Å². The molecule has 0 heterocycles. The van der Waals surface area contributed by atoms with Gasteiger partial charge in [-0.05, 0) is 122 Å². The summed E-state index contributed by atoms with van der Waals surface area (Å²) in [5.74, 6) is -0.893. The third kappa shape index (κ3) is 66.9. The zero-order valence-electron chi connectivity index (χ0n) is 54.0. The van der Waals surface area contributed by atoms with Gasteiger partial charge in [-0.1, -0.05) is 304 Å². The maximum Gasteiger partial charge on any atom is 0.306 e. The summed E-state index contributed by atoms with van der Waals surface area (Å²) in [7, 11) is 0. The highest BCUT2D eigenvalue weighted by Crippen LogP contribution is 2.16. The Hall–Kier alpha value is -3.93. The van der Waals surface area contributed by atoms with Crippen molar-refractivity contribution in [1.29, 1.82) is 0 Å². The van der Waals surface area contributed by atoms with Crippen LogP contribution in [-0.4, -0.2) is 37.2 Å². The van der Waals surface area contributed by atoms with E-state index in [1.54, 1.807) is 0 Å². The van der Waals surface area contributed by atoms with Crippen LogP contribution in [0.15, 0.2) is 109 Å². The van der Waals surface area contributed by atoms with Gasteiger partial charge in [0.05, 0.1) is 0 Å². The van der Waals surface area contributed by atoms with E-state index in [0.29, 0.717) is 19.3 Å². The first kappa shape index (κ1) is 78.1. The molecule has 0 aliphatic heterocycles. The third-order valence-corrected chi connectivity index (χ3v) is 15.0. The standard InChI is InChI=1S/C76H130O6/c1-4-7-10-13-16-19-22-25-28-30-32-34-35-36-37-38-39-40-41-43-44-46-48-51-54-57-60-63-66-69-75(78)81-72-73(71-80-74(77)68-65-62-59-56-53-50-27-24-21-18-15-12-9-6-3)82-76(79)70-67-64-61-58-55-52-49-47-45-42-33-31-29-26-23-20-17-14-11-8-5-2/h7,10,15-16,18-19,24-25,27-28,31-34,36-37,39-40,73H,4-6,8-9,11-14,17,20-23,26,29-30,35,38,41-72H2,1-3H3/b10-7-,18-15-,19-16-,27-24-,28-25-,33-31-,34-32-,37-36-,40-39-. The number of unbranched alkanes of at least 4 members (excludes halogenated alkanes) is 34. The Labute approximate surface area is 508 Å². The second kappa shape index (κ2) is 69.6. The van der Waals surface area contributed by atoms with Crippen molar-refractivity contribution >= 4 is 17.9 Å². The fourth-order valence-electron chi connectivity index (χ4n) is 9.75. The van der Waals surface area contributed by atoms with Crippen molar-refractivity contribution in [2.75, 3.05) is 13.2 Å². The SMILES string of the molecule is CC/C=C\C/C=C\C/C=C\C/C=C\C/C=C\C/C=C\CCCCCCCCCCCCC(=O)OCC(COC(=O)CCCCCCC/C=C\C/C=C\CCCC)OC(=O)CCCCCCCCCCC/C=C\CCCCCCCCCC. The number of carbonyl (C=O) groups excluding carboxylic acids is 3. The molecule has 6 nitrogen and oxygen atoms in total. The molecule has 0 fully saturated rings. The minimum Gasteiger partial charge on any atom is -0.462 e. The number of carbonyl (C=O) groups is 3. The lowest BCUT2D eigenvalue weighted by atomic mass is 10.0. The van der Waals surface area contributed by atoms with Crippen molar-refractivity contribution in [3.8, 4) is 0 Å². The largest absolute Gasteiger partial charge is 0.462 e. The van der Waals surface area contributed by atoms with Crippen molar-refractivity contribution in [2.45, 2.75) is 341 Å². The Kier molecular flexibility index (Phi) is 66.2. The van der Waals surface area contributed by atoms with Crippen molar-refractivity contribution in [1.82, 2.24) is 0 Å². The average molecular weight is 1140 g/mol. The number of allylic oxidation sites excluding steroid dienone is 18. The van der Waals surface area contributed by atoms with E-state index in [0.717, 1.165) is 122 Å². The molecule has 6 heteroatoms. The zero-order chi connectivity index (χ0) is 59.2. The molecule has 0 amide bonds. The van der Waals surface area contributed by atoms with E-state index in [1.807, 2.05) is 0 Å². The normalized spacial score (nSPS) is 12.8. The lowest BCUT2D eigenvalue weighted by molar-refractivity contribution is -0.167. The monoisotopic (exact) mass is 1140 g/mol. The highest BCUT2D eigenvalue weighted by atomic mass is 16.6. The molecule has 0 aromatic rings. The molecule has 0 rings (SSSR count). The summed E-state index contributed by atoms with van der Waals surface area (Å²) < 4.78 is 17.0. The molecule has 0 aromatic carbocycles. The minimum atomic E-state index is -0.789. The van der Waals surface area contributed by atoms with Gasteiger partial charge in [-0.25, -0.2) is 0 Å². The third-order valence-electron chi connectivity index (χ3n) is 15.0. The molecule has 0 saturated carbocycles. The van der Waals surface area contributed by atoms with Gasteiger partial charge in [0.15, 0.2) is 6.10 Å². The van der Waals surface area contributed by atoms with E-state index >= 15 is 0 Å². The maximum atomic E-state index is 13.0. The lowest BCUT2D eigenvalue weighted by Crippen LogP contribution is -2.30. The van der Waals surface area contributed by atoms with Crippen LogP contribution in [0.5, 0.6) is 0 Å². The van der Waals surface area contributed by atoms with Crippen LogP contribution in [0, 0.1) is 0 Å². The zero-order valence-corrected chi connectivity index (χ0v) is 54.0. The first-order valence-corrected chi connectivity index (χ1v) is 34.9. The van der Waals surface area contributed by atoms with Gasteiger partial charge in [0.25, 0.3) is 0 Å². The van der Waals surface area contributed by atoms with E-state index in [4.69, 9.17) is 14.2 Å². The van der Waals surface area contributed by atoms with Crippen molar-refractivity contribution in [2.24, 2.45) is 0 Å². The Morgan fingerprint density at radius 1 is 0.256 bits per heavy atom. The molecule has 1 atom stereocenters.